The molecule has 0 spiro atoms. The molecule has 0 heterocycles. The first-order chi connectivity index (χ1) is 6.69. The van der Waals surface area contributed by atoms with Crippen LogP contribution in [0.15, 0.2) is 0 Å². The van der Waals surface area contributed by atoms with Gasteiger partial charge in [0.25, 0.3) is 10.1 Å². The molecule has 2 saturated carbocycles. The summed E-state index contributed by atoms with van der Waals surface area (Å²) in [4.78, 5) is 11.8. The maximum absolute atomic E-state index is 11.8. The molecule has 94 valence electrons. The van der Waals surface area contributed by atoms with Gasteiger partial charge in [-0.15, -0.1) is 0 Å². The van der Waals surface area contributed by atoms with Gasteiger partial charge in [-0.25, -0.2) is 0 Å². The Kier molecular flexibility index (Phi) is 2.99. The van der Waals surface area contributed by atoms with E-state index in [-0.39, 0.29) is 22.9 Å². The molecular weight excluding hydrogens is 232 g/mol. The SMILES string of the molecule is C[C@]1(CS(=O)(=O)O)[C@H]2CC[C@]1(C)C(=O)C2.O. The lowest BCUT2D eigenvalue weighted by Gasteiger charge is -2.35. The van der Waals surface area contributed by atoms with Crippen molar-refractivity contribution in [3.8, 4) is 0 Å². The normalized spacial score (nSPS) is 42.2. The maximum atomic E-state index is 11.8. The highest BCUT2D eigenvalue weighted by atomic mass is 32.2. The molecule has 0 aliphatic heterocycles. The van der Waals surface area contributed by atoms with Gasteiger partial charge in [0.05, 0.1) is 5.75 Å². The summed E-state index contributed by atoms with van der Waals surface area (Å²) in [6.07, 6.45) is 2.12. The van der Waals surface area contributed by atoms with Gasteiger partial charge in [0.1, 0.15) is 5.78 Å². The highest BCUT2D eigenvalue weighted by Gasteiger charge is 2.64. The van der Waals surface area contributed by atoms with Crippen LogP contribution < -0.4 is 0 Å². The Balaban J connectivity index is 0.00000128. The maximum Gasteiger partial charge on any atom is 0.265 e. The molecule has 2 bridgehead atoms. The van der Waals surface area contributed by atoms with Crippen LogP contribution in [0.1, 0.15) is 33.1 Å². The highest BCUT2D eigenvalue weighted by molar-refractivity contribution is 7.85. The molecule has 2 fully saturated rings. The number of carbonyl (C=O) groups excluding carboxylic acids is 1. The Morgan fingerprint density at radius 1 is 1.44 bits per heavy atom. The van der Waals surface area contributed by atoms with Gasteiger partial charge in [0.15, 0.2) is 0 Å². The van der Waals surface area contributed by atoms with Crippen LogP contribution in [0.2, 0.25) is 0 Å². The summed E-state index contributed by atoms with van der Waals surface area (Å²) in [6, 6.07) is 0. The van der Waals surface area contributed by atoms with E-state index in [0.717, 1.165) is 12.8 Å². The van der Waals surface area contributed by atoms with Crippen LogP contribution in [-0.2, 0) is 14.9 Å². The largest absolute Gasteiger partial charge is 0.412 e. The van der Waals surface area contributed by atoms with Gasteiger partial charge in [0.2, 0.25) is 0 Å². The predicted octanol–water partition coefficient (Wildman–Crippen LogP) is 0.445. The summed E-state index contributed by atoms with van der Waals surface area (Å²) < 4.78 is 31.0. The lowest BCUT2D eigenvalue weighted by atomic mass is 9.70. The second kappa shape index (κ2) is 3.51. The van der Waals surface area contributed by atoms with Crippen molar-refractivity contribution in [2.24, 2.45) is 16.7 Å². The molecule has 5 nitrogen and oxygen atoms in total. The third-order valence-corrected chi connectivity index (χ3v) is 5.65. The highest BCUT2D eigenvalue weighted by Crippen LogP contribution is 2.64. The molecule has 0 aromatic carbocycles. The van der Waals surface area contributed by atoms with E-state index in [1.54, 1.807) is 0 Å². The molecule has 3 N–H and O–H groups in total. The molecule has 0 unspecified atom stereocenters. The molecule has 2 aliphatic rings. The number of fused-ring (bicyclic) bond motifs is 2. The third-order valence-electron chi connectivity index (χ3n) is 4.68. The van der Waals surface area contributed by atoms with Crippen molar-refractivity contribution >= 4 is 15.9 Å². The van der Waals surface area contributed by atoms with E-state index in [2.05, 4.69) is 0 Å². The summed E-state index contributed by atoms with van der Waals surface area (Å²) in [5.41, 5.74) is -1.12. The molecule has 0 radical (unpaired) electrons. The minimum absolute atomic E-state index is 0. The van der Waals surface area contributed by atoms with Crippen LogP contribution in [0.5, 0.6) is 0 Å². The fraction of sp³-hybridized carbons (Fsp3) is 0.900. The summed E-state index contributed by atoms with van der Waals surface area (Å²) in [5, 5.41) is 0. The number of rotatable bonds is 2. The molecule has 3 atom stereocenters. The average molecular weight is 250 g/mol. The molecule has 0 aromatic rings. The zero-order chi connectivity index (χ0) is 11.5. The van der Waals surface area contributed by atoms with Gasteiger partial charge in [-0.05, 0) is 24.2 Å². The summed E-state index contributed by atoms with van der Waals surface area (Å²) in [5.74, 6) is -0.00535. The average Bonchev–Trinajstić information content (AvgIpc) is 2.35. The molecule has 2 aliphatic carbocycles. The molecule has 2 rings (SSSR count). The van der Waals surface area contributed by atoms with E-state index in [1.807, 2.05) is 13.8 Å². The molecule has 0 saturated heterocycles. The molecule has 0 amide bonds. The van der Waals surface area contributed by atoms with Crippen LogP contribution in [0.25, 0.3) is 0 Å². The number of ketones is 1. The van der Waals surface area contributed by atoms with Crippen LogP contribution >= 0.6 is 0 Å². The van der Waals surface area contributed by atoms with Crippen LogP contribution in [0.4, 0.5) is 0 Å². The van der Waals surface area contributed by atoms with Gasteiger partial charge < -0.3 is 5.48 Å². The quantitative estimate of drug-likeness (QED) is 0.718. The van der Waals surface area contributed by atoms with Crippen molar-refractivity contribution in [1.82, 2.24) is 0 Å². The lowest BCUT2D eigenvalue weighted by Crippen LogP contribution is -2.40. The van der Waals surface area contributed by atoms with E-state index >= 15 is 0 Å². The summed E-state index contributed by atoms with van der Waals surface area (Å²) in [7, 11) is -4.01. The Morgan fingerprint density at radius 3 is 2.31 bits per heavy atom. The fourth-order valence-corrected chi connectivity index (χ4v) is 4.72. The second-order valence-electron chi connectivity index (χ2n) is 5.34. The van der Waals surface area contributed by atoms with Gasteiger partial charge >= 0.3 is 0 Å². The summed E-state index contributed by atoms with van der Waals surface area (Å²) >= 11 is 0. The zero-order valence-corrected chi connectivity index (χ0v) is 10.3. The number of hydrogen-bond acceptors (Lipinski definition) is 3. The minimum Gasteiger partial charge on any atom is -0.412 e. The number of hydrogen-bond donors (Lipinski definition) is 1. The summed E-state index contributed by atoms with van der Waals surface area (Å²) in [6.45, 7) is 3.66. The number of Topliss-reactive ketones (excluding diaryl/α,β-unsaturated/α-hetero) is 1. The first kappa shape index (κ1) is 13.6. The molecular formula is C10H18O5S. The fourth-order valence-electron chi connectivity index (χ4n) is 3.41. The third kappa shape index (κ3) is 1.59. The molecule has 6 heteroatoms. The molecule has 16 heavy (non-hydrogen) atoms. The van der Waals surface area contributed by atoms with E-state index in [1.165, 1.54) is 0 Å². The Morgan fingerprint density at radius 2 is 2.00 bits per heavy atom. The van der Waals surface area contributed by atoms with Crippen LogP contribution in [0.3, 0.4) is 0 Å². The van der Waals surface area contributed by atoms with Crippen molar-refractivity contribution in [3.63, 3.8) is 0 Å². The first-order valence-corrected chi connectivity index (χ1v) is 6.78. The van der Waals surface area contributed by atoms with Crippen molar-refractivity contribution in [3.05, 3.63) is 0 Å². The van der Waals surface area contributed by atoms with Crippen molar-refractivity contribution in [1.29, 1.82) is 0 Å². The monoisotopic (exact) mass is 250 g/mol. The standard InChI is InChI=1S/C10H16O4S.H2O/c1-9-4-3-7(5-8(9)11)10(9,2)6-15(12,13)14;/h7H,3-6H2,1-2H3,(H,12,13,14);1H2/t7-,9+,10-;/m0./s1. The van der Waals surface area contributed by atoms with E-state index in [4.69, 9.17) is 4.55 Å². The first-order valence-electron chi connectivity index (χ1n) is 5.17. The smallest absolute Gasteiger partial charge is 0.265 e. The van der Waals surface area contributed by atoms with Crippen LogP contribution in [-0.4, -0.2) is 30.0 Å². The second-order valence-corrected chi connectivity index (χ2v) is 6.79. The van der Waals surface area contributed by atoms with Crippen molar-refractivity contribution < 1.29 is 23.2 Å². The topological polar surface area (TPSA) is 103 Å². The zero-order valence-electron chi connectivity index (χ0n) is 9.49. The lowest BCUT2D eigenvalue weighted by molar-refractivity contribution is -0.128. The van der Waals surface area contributed by atoms with Gasteiger partial charge in [-0.1, -0.05) is 13.8 Å². The van der Waals surface area contributed by atoms with Gasteiger partial charge in [-0.2, -0.15) is 8.42 Å². The van der Waals surface area contributed by atoms with Crippen molar-refractivity contribution in [2.75, 3.05) is 5.75 Å². The van der Waals surface area contributed by atoms with Gasteiger partial charge in [0, 0.05) is 11.8 Å². The molecule has 0 aromatic heterocycles. The van der Waals surface area contributed by atoms with Crippen molar-refractivity contribution in [2.45, 2.75) is 33.1 Å². The van der Waals surface area contributed by atoms with E-state index < -0.39 is 20.9 Å². The van der Waals surface area contributed by atoms with E-state index in [0.29, 0.717) is 6.42 Å². The van der Waals surface area contributed by atoms with E-state index in [9.17, 15) is 13.2 Å². The van der Waals surface area contributed by atoms with Gasteiger partial charge in [-0.3, -0.25) is 9.35 Å². The Hall–Kier alpha value is -0.460. The van der Waals surface area contributed by atoms with Crippen LogP contribution in [0, 0.1) is 16.7 Å². The number of carbonyl (C=O) groups is 1. The Labute approximate surface area is 95.3 Å². The predicted molar refractivity (Wildman–Crippen MR) is 58.6 cm³/mol. The minimum atomic E-state index is -4.01. The Bertz CT molecular complexity index is 415.